The molecule has 0 aliphatic heterocycles. The Bertz CT molecular complexity index is 557. The highest BCUT2D eigenvalue weighted by Gasteiger charge is 2.21. The summed E-state index contributed by atoms with van der Waals surface area (Å²) in [6.07, 6.45) is 0. The summed E-state index contributed by atoms with van der Waals surface area (Å²) in [5.41, 5.74) is 3.49. The smallest absolute Gasteiger partial charge is 0.423 e. The molecule has 2 aromatic rings. The Labute approximate surface area is 114 Å². The fraction of sp³-hybridized carbons (Fsp3) is 0.250. The maximum atomic E-state index is 9.61. The van der Waals surface area contributed by atoms with Crippen molar-refractivity contribution in [3.05, 3.63) is 54.1 Å². The van der Waals surface area contributed by atoms with Gasteiger partial charge in [0.15, 0.2) is 0 Å². The minimum atomic E-state index is -1.46. The molecule has 0 saturated heterocycles. The van der Waals surface area contributed by atoms with Gasteiger partial charge in [-0.15, -0.1) is 0 Å². The van der Waals surface area contributed by atoms with Crippen LogP contribution in [0.2, 0.25) is 0 Å². The SMILES string of the molecule is CC(C)(C)c1ccc(-c2ccccc2)c(B(O)O)c1. The van der Waals surface area contributed by atoms with Crippen LogP contribution in [0.4, 0.5) is 0 Å². The molecule has 0 amide bonds. The second-order valence-corrected chi connectivity index (χ2v) is 5.79. The van der Waals surface area contributed by atoms with Gasteiger partial charge in [-0.25, -0.2) is 0 Å². The first-order valence-corrected chi connectivity index (χ1v) is 6.45. The summed E-state index contributed by atoms with van der Waals surface area (Å²) in [4.78, 5) is 0. The van der Waals surface area contributed by atoms with Gasteiger partial charge in [-0.3, -0.25) is 0 Å². The topological polar surface area (TPSA) is 40.5 Å². The third-order valence-corrected chi connectivity index (χ3v) is 3.28. The molecule has 2 nitrogen and oxygen atoms in total. The number of benzene rings is 2. The van der Waals surface area contributed by atoms with Gasteiger partial charge in [-0.05, 0) is 27.6 Å². The van der Waals surface area contributed by atoms with Gasteiger partial charge >= 0.3 is 7.12 Å². The summed E-state index contributed by atoms with van der Waals surface area (Å²) in [6.45, 7) is 6.33. The van der Waals surface area contributed by atoms with E-state index in [0.29, 0.717) is 5.46 Å². The molecule has 2 rings (SSSR count). The monoisotopic (exact) mass is 254 g/mol. The van der Waals surface area contributed by atoms with Gasteiger partial charge in [-0.1, -0.05) is 69.3 Å². The molecule has 0 spiro atoms. The van der Waals surface area contributed by atoms with Crippen LogP contribution in [0.25, 0.3) is 11.1 Å². The first-order valence-electron chi connectivity index (χ1n) is 6.45. The maximum Gasteiger partial charge on any atom is 0.489 e. The van der Waals surface area contributed by atoms with Gasteiger partial charge < -0.3 is 10.0 Å². The van der Waals surface area contributed by atoms with Gasteiger partial charge in [0.1, 0.15) is 0 Å². The molecule has 0 aliphatic rings. The Morgan fingerprint density at radius 3 is 2.05 bits per heavy atom. The summed E-state index contributed by atoms with van der Waals surface area (Å²) in [5.74, 6) is 0. The largest absolute Gasteiger partial charge is 0.489 e. The van der Waals surface area contributed by atoms with Gasteiger partial charge in [0, 0.05) is 0 Å². The van der Waals surface area contributed by atoms with Crippen molar-refractivity contribution in [2.24, 2.45) is 0 Å². The van der Waals surface area contributed by atoms with E-state index in [1.807, 2.05) is 48.5 Å². The summed E-state index contributed by atoms with van der Waals surface area (Å²) in [7, 11) is -1.46. The molecule has 19 heavy (non-hydrogen) atoms. The predicted molar refractivity (Wildman–Crippen MR) is 80.4 cm³/mol. The Balaban J connectivity index is 2.57. The van der Waals surface area contributed by atoms with Crippen LogP contribution in [0.3, 0.4) is 0 Å². The molecule has 2 aromatic carbocycles. The highest BCUT2D eigenvalue weighted by atomic mass is 16.4. The summed E-state index contributed by atoms with van der Waals surface area (Å²) < 4.78 is 0. The zero-order valence-electron chi connectivity index (χ0n) is 11.6. The molecular weight excluding hydrogens is 235 g/mol. The van der Waals surface area contributed by atoms with Crippen molar-refractivity contribution < 1.29 is 10.0 Å². The molecular formula is C16H19BO2. The minimum Gasteiger partial charge on any atom is -0.423 e. The molecule has 0 radical (unpaired) electrons. The Morgan fingerprint density at radius 1 is 0.895 bits per heavy atom. The van der Waals surface area contributed by atoms with E-state index < -0.39 is 7.12 Å². The van der Waals surface area contributed by atoms with Crippen molar-refractivity contribution in [3.8, 4) is 11.1 Å². The average molecular weight is 254 g/mol. The van der Waals surface area contributed by atoms with Crippen LogP contribution in [0.15, 0.2) is 48.5 Å². The van der Waals surface area contributed by atoms with Crippen LogP contribution in [-0.2, 0) is 5.41 Å². The van der Waals surface area contributed by atoms with Gasteiger partial charge in [0.2, 0.25) is 0 Å². The lowest BCUT2D eigenvalue weighted by Crippen LogP contribution is -2.33. The third-order valence-electron chi connectivity index (χ3n) is 3.28. The zero-order valence-corrected chi connectivity index (χ0v) is 11.6. The third kappa shape index (κ3) is 3.06. The zero-order chi connectivity index (χ0) is 14.0. The van der Waals surface area contributed by atoms with Crippen LogP contribution in [-0.4, -0.2) is 17.2 Å². The number of hydrogen-bond acceptors (Lipinski definition) is 2. The van der Waals surface area contributed by atoms with Gasteiger partial charge in [0.25, 0.3) is 0 Å². The molecule has 0 unspecified atom stereocenters. The Kier molecular flexibility index (Phi) is 3.79. The van der Waals surface area contributed by atoms with Crippen molar-refractivity contribution in [1.29, 1.82) is 0 Å². The first kappa shape index (κ1) is 13.8. The lowest BCUT2D eigenvalue weighted by molar-refractivity contribution is 0.426. The quantitative estimate of drug-likeness (QED) is 0.807. The van der Waals surface area contributed by atoms with E-state index in [9.17, 15) is 10.0 Å². The second kappa shape index (κ2) is 5.20. The van der Waals surface area contributed by atoms with Crippen LogP contribution in [0.1, 0.15) is 26.3 Å². The molecule has 2 N–H and O–H groups in total. The second-order valence-electron chi connectivity index (χ2n) is 5.79. The van der Waals surface area contributed by atoms with Crippen molar-refractivity contribution >= 4 is 12.6 Å². The summed E-state index contributed by atoms with van der Waals surface area (Å²) in [5, 5.41) is 19.2. The molecule has 0 aliphatic carbocycles. The molecule has 0 atom stereocenters. The molecule has 3 heteroatoms. The molecule has 0 bridgehead atoms. The summed E-state index contributed by atoms with van der Waals surface area (Å²) >= 11 is 0. The van der Waals surface area contributed by atoms with E-state index in [0.717, 1.165) is 16.7 Å². The molecule has 98 valence electrons. The van der Waals surface area contributed by atoms with Gasteiger partial charge in [-0.2, -0.15) is 0 Å². The van der Waals surface area contributed by atoms with Crippen LogP contribution >= 0.6 is 0 Å². The first-order chi connectivity index (χ1) is 8.89. The molecule has 0 aromatic heterocycles. The van der Waals surface area contributed by atoms with E-state index in [2.05, 4.69) is 20.8 Å². The van der Waals surface area contributed by atoms with E-state index in [-0.39, 0.29) is 5.41 Å². The van der Waals surface area contributed by atoms with E-state index in [4.69, 9.17) is 0 Å². The van der Waals surface area contributed by atoms with Crippen molar-refractivity contribution in [3.63, 3.8) is 0 Å². The Hall–Kier alpha value is -1.58. The highest BCUT2D eigenvalue weighted by molar-refractivity contribution is 6.60. The number of rotatable bonds is 2. The lowest BCUT2D eigenvalue weighted by atomic mass is 9.72. The molecule has 0 fully saturated rings. The fourth-order valence-electron chi connectivity index (χ4n) is 2.12. The van der Waals surface area contributed by atoms with E-state index in [1.165, 1.54) is 0 Å². The van der Waals surface area contributed by atoms with E-state index in [1.54, 1.807) is 0 Å². The van der Waals surface area contributed by atoms with Crippen molar-refractivity contribution in [2.45, 2.75) is 26.2 Å². The van der Waals surface area contributed by atoms with Crippen LogP contribution in [0, 0.1) is 0 Å². The standard InChI is InChI=1S/C16H19BO2/c1-16(2,3)13-9-10-14(15(11-13)17(18)19)12-7-5-4-6-8-12/h4-11,18-19H,1-3H3. The Morgan fingerprint density at radius 2 is 1.53 bits per heavy atom. The van der Waals surface area contributed by atoms with Gasteiger partial charge in [0.05, 0.1) is 0 Å². The number of hydrogen-bond donors (Lipinski definition) is 2. The normalized spacial score (nSPS) is 11.4. The van der Waals surface area contributed by atoms with Crippen LogP contribution in [0.5, 0.6) is 0 Å². The average Bonchev–Trinajstić information content (AvgIpc) is 2.38. The fourth-order valence-corrected chi connectivity index (χ4v) is 2.12. The predicted octanol–water partition coefficient (Wildman–Crippen LogP) is 2.33. The van der Waals surface area contributed by atoms with Crippen molar-refractivity contribution in [2.75, 3.05) is 0 Å². The van der Waals surface area contributed by atoms with Crippen LogP contribution < -0.4 is 5.46 Å². The lowest BCUT2D eigenvalue weighted by Gasteiger charge is -2.21. The van der Waals surface area contributed by atoms with Crippen molar-refractivity contribution in [1.82, 2.24) is 0 Å². The highest BCUT2D eigenvalue weighted by Crippen LogP contribution is 2.25. The maximum absolute atomic E-state index is 9.61. The summed E-state index contributed by atoms with van der Waals surface area (Å²) in [6, 6.07) is 15.7. The molecule has 0 saturated carbocycles. The minimum absolute atomic E-state index is 0.0150. The molecule has 0 heterocycles. The van der Waals surface area contributed by atoms with E-state index >= 15 is 0 Å².